The summed E-state index contributed by atoms with van der Waals surface area (Å²) in [7, 11) is 0. The Morgan fingerprint density at radius 2 is 1.43 bits per heavy atom. The number of benzene rings is 3. The van der Waals surface area contributed by atoms with E-state index >= 15 is 0 Å². The first kappa shape index (κ1) is 28.0. The third-order valence-electron chi connectivity index (χ3n) is 5.49. The molecule has 0 spiro atoms. The first-order valence-electron chi connectivity index (χ1n) is 11.3. The highest BCUT2D eigenvalue weighted by molar-refractivity contribution is 5.68. The molecule has 0 amide bonds. The van der Waals surface area contributed by atoms with Crippen LogP contribution in [0.1, 0.15) is 36.5 Å². The maximum Gasteiger partial charge on any atom is 0.573 e. The largest absolute Gasteiger partial charge is 0.573 e. The molecule has 0 aliphatic carbocycles. The van der Waals surface area contributed by atoms with E-state index < -0.39 is 41.2 Å². The summed E-state index contributed by atoms with van der Waals surface area (Å²) >= 11 is 0. The second-order valence-corrected chi connectivity index (χ2v) is 8.15. The Kier molecular flexibility index (Phi) is 9.13. The molecule has 37 heavy (non-hydrogen) atoms. The molecular formula is C28H22F8O. The van der Waals surface area contributed by atoms with Crippen LogP contribution in [0.5, 0.6) is 5.75 Å². The lowest BCUT2D eigenvalue weighted by Gasteiger charge is -2.12. The molecule has 3 aromatic carbocycles. The molecule has 0 heterocycles. The highest BCUT2D eigenvalue weighted by Crippen LogP contribution is 2.31. The van der Waals surface area contributed by atoms with E-state index in [-0.39, 0.29) is 36.0 Å². The van der Waals surface area contributed by atoms with Gasteiger partial charge in [-0.1, -0.05) is 48.6 Å². The van der Waals surface area contributed by atoms with Crippen LogP contribution < -0.4 is 4.74 Å². The van der Waals surface area contributed by atoms with Crippen molar-refractivity contribution in [1.82, 2.24) is 0 Å². The predicted molar refractivity (Wildman–Crippen MR) is 125 cm³/mol. The van der Waals surface area contributed by atoms with E-state index in [1.807, 2.05) is 0 Å². The topological polar surface area (TPSA) is 9.23 Å². The van der Waals surface area contributed by atoms with E-state index in [1.54, 1.807) is 25.1 Å². The number of ether oxygens (including phenoxy) is 1. The maximum absolute atomic E-state index is 14.7. The Hall–Kier alpha value is -3.62. The van der Waals surface area contributed by atoms with Crippen LogP contribution in [0.3, 0.4) is 0 Å². The fourth-order valence-corrected chi connectivity index (χ4v) is 3.63. The van der Waals surface area contributed by atoms with Crippen LogP contribution in [-0.4, -0.2) is 6.36 Å². The number of rotatable bonds is 9. The lowest BCUT2D eigenvalue weighted by atomic mass is 9.98. The summed E-state index contributed by atoms with van der Waals surface area (Å²) in [4.78, 5) is 0. The zero-order valence-corrected chi connectivity index (χ0v) is 19.6. The quantitative estimate of drug-likeness (QED) is 0.199. The smallest absolute Gasteiger partial charge is 0.399 e. The van der Waals surface area contributed by atoms with Gasteiger partial charge in [0.15, 0.2) is 17.5 Å². The Bertz CT molecular complexity index is 1270. The molecule has 0 saturated carbocycles. The number of hydrogen-bond donors (Lipinski definition) is 0. The van der Waals surface area contributed by atoms with Gasteiger partial charge in [0, 0.05) is 12.0 Å². The van der Waals surface area contributed by atoms with Crippen LogP contribution in [0.4, 0.5) is 35.1 Å². The van der Waals surface area contributed by atoms with Crippen LogP contribution in [0.25, 0.3) is 17.0 Å². The van der Waals surface area contributed by atoms with Gasteiger partial charge in [-0.05, 0) is 66.6 Å². The average Bonchev–Trinajstić information content (AvgIpc) is 2.84. The van der Waals surface area contributed by atoms with Crippen LogP contribution in [0, 0.1) is 17.5 Å². The van der Waals surface area contributed by atoms with Crippen molar-refractivity contribution in [2.75, 3.05) is 0 Å². The van der Waals surface area contributed by atoms with Crippen molar-refractivity contribution in [1.29, 1.82) is 0 Å². The monoisotopic (exact) mass is 526 g/mol. The minimum absolute atomic E-state index is 0.0198. The minimum Gasteiger partial charge on any atom is -0.399 e. The van der Waals surface area contributed by atoms with Crippen molar-refractivity contribution in [2.24, 2.45) is 0 Å². The van der Waals surface area contributed by atoms with Gasteiger partial charge in [-0.3, -0.25) is 0 Å². The Morgan fingerprint density at radius 1 is 0.811 bits per heavy atom. The van der Waals surface area contributed by atoms with Gasteiger partial charge in [-0.15, -0.1) is 13.2 Å². The molecular weight excluding hydrogens is 504 g/mol. The summed E-state index contributed by atoms with van der Waals surface area (Å²) < 4.78 is 111. The van der Waals surface area contributed by atoms with Crippen LogP contribution >= 0.6 is 0 Å². The molecule has 0 aliphatic heterocycles. The van der Waals surface area contributed by atoms with Crippen molar-refractivity contribution in [3.63, 3.8) is 0 Å². The number of hydrogen-bond acceptors (Lipinski definition) is 1. The van der Waals surface area contributed by atoms with E-state index in [0.717, 1.165) is 0 Å². The fourth-order valence-electron chi connectivity index (χ4n) is 3.63. The van der Waals surface area contributed by atoms with Crippen LogP contribution in [-0.2, 0) is 12.8 Å². The zero-order chi connectivity index (χ0) is 27.2. The molecule has 0 radical (unpaired) electrons. The second-order valence-electron chi connectivity index (χ2n) is 8.15. The summed E-state index contributed by atoms with van der Waals surface area (Å²) in [6.45, 7) is 1.78. The summed E-state index contributed by atoms with van der Waals surface area (Å²) in [5.74, 6) is -7.01. The SMILES string of the molecule is CC=CCCC(F)=C(F)c1ccc(-c2ccc(CCc3cc(F)c(OC(F)(F)F)c(F)c3)c(F)c2)cc1. The zero-order valence-electron chi connectivity index (χ0n) is 19.6. The third-order valence-corrected chi connectivity index (χ3v) is 5.49. The van der Waals surface area contributed by atoms with E-state index in [0.29, 0.717) is 29.7 Å². The molecule has 0 bridgehead atoms. The number of aryl methyl sites for hydroxylation is 2. The van der Waals surface area contributed by atoms with Crippen molar-refractivity contribution >= 4 is 5.83 Å². The van der Waals surface area contributed by atoms with Gasteiger partial charge in [0.05, 0.1) is 0 Å². The molecule has 0 aromatic heterocycles. The summed E-state index contributed by atoms with van der Waals surface area (Å²) in [5.41, 5.74) is 1.33. The van der Waals surface area contributed by atoms with Gasteiger partial charge < -0.3 is 4.74 Å². The van der Waals surface area contributed by atoms with Gasteiger partial charge in [0.2, 0.25) is 5.75 Å². The molecule has 3 aromatic rings. The molecule has 0 fully saturated rings. The van der Waals surface area contributed by atoms with Gasteiger partial charge in [0.1, 0.15) is 11.6 Å². The van der Waals surface area contributed by atoms with Crippen LogP contribution in [0.2, 0.25) is 0 Å². The highest BCUT2D eigenvalue weighted by Gasteiger charge is 2.34. The van der Waals surface area contributed by atoms with Gasteiger partial charge in [-0.2, -0.15) is 0 Å². The maximum atomic E-state index is 14.7. The van der Waals surface area contributed by atoms with Gasteiger partial charge >= 0.3 is 6.36 Å². The Labute approximate surface area is 208 Å². The van der Waals surface area contributed by atoms with Crippen molar-refractivity contribution in [3.8, 4) is 16.9 Å². The number of alkyl halides is 3. The van der Waals surface area contributed by atoms with E-state index in [4.69, 9.17) is 0 Å². The van der Waals surface area contributed by atoms with Crippen LogP contribution in [0.15, 0.2) is 72.6 Å². The summed E-state index contributed by atoms with van der Waals surface area (Å²) in [5, 5.41) is 0. The van der Waals surface area contributed by atoms with E-state index in [1.165, 1.54) is 36.4 Å². The normalized spacial score (nSPS) is 12.7. The Balaban J connectivity index is 1.70. The first-order valence-corrected chi connectivity index (χ1v) is 11.3. The first-order chi connectivity index (χ1) is 17.5. The molecule has 0 unspecified atom stereocenters. The molecule has 0 saturated heterocycles. The fraction of sp³-hybridized carbons (Fsp3) is 0.214. The molecule has 1 nitrogen and oxygen atoms in total. The molecule has 0 aliphatic rings. The van der Waals surface area contributed by atoms with Crippen molar-refractivity contribution in [3.05, 3.63) is 107 Å². The highest BCUT2D eigenvalue weighted by atomic mass is 19.4. The number of allylic oxidation sites excluding steroid dienone is 3. The predicted octanol–water partition coefficient (Wildman–Crippen LogP) is 9.42. The summed E-state index contributed by atoms with van der Waals surface area (Å²) in [6, 6.07) is 11.5. The van der Waals surface area contributed by atoms with E-state index in [2.05, 4.69) is 4.74 Å². The summed E-state index contributed by atoms with van der Waals surface area (Å²) in [6.07, 6.45) is -1.48. The molecule has 196 valence electrons. The van der Waals surface area contributed by atoms with E-state index in [9.17, 15) is 35.1 Å². The lowest BCUT2D eigenvalue weighted by Crippen LogP contribution is -2.19. The van der Waals surface area contributed by atoms with Gasteiger partial charge in [-0.25, -0.2) is 22.0 Å². The molecule has 9 heteroatoms. The minimum atomic E-state index is -5.25. The van der Waals surface area contributed by atoms with Gasteiger partial charge in [0.25, 0.3) is 0 Å². The lowest BCUT2D eigenvalue weighted by molar-refractivity contribution is -0.276. The van der Waals surface area contributed by atoms with Crippen molar-refractivity contribution in [2.45, 2.75) is 39.0 Å². The third kappa shape index (κ3) is 7.68. The molecule has 3 rings (SSSR count). The molecule has 0 atom stereocenters. The second kappa shape index (κ2) is 12.1. The Morgan fingerprint density at radius 3 is 2.00 bits per heavy atom. The molecule has 0 N–H and O–H groups in total. The number of halogens is 8. The average molecular weight is 526 g/mol. The van der Waals surface area contributed by atoms with Crippen molar-refractivity contribution < 1.29 is 39.9 Å². The standard InChI is InChI=1S/C28H22F8O/c1-2-3-4-5-22(29)26(33)20-11-8-18(9-12-20)21-13-10-19(23(30)16-21)7-6-17-14-24(31)27(25(32)15-17)37-28(34,35)36/h2-3,8-16H,4-7H2,1H3.